The van der Waals surface area contributed by atoms with E-state index in [4.69, 9.17) is 8.05 Å². The van der Waals surface area contributed by atoms with Gasteiger partial charge in [0.05, 0.1) is 0 Å². The number of carbonyl (C=O) groups is 1. The lowest BCUT2D eigenvalue weighted by atomic mass is 10.1. The van der Waals surface area contributed by atoms with Crippen LogP contribution in [0, 0.1) is 0 Å². The Morgan fingerprint density at radius 3 is 2.31 bits per heavy atom. The number of fused-ring (bicyclic) bond motifs is 1. The average molecular weight is 218 g/mol. The highest BCUT2D eigenvalue weighted by atomic mass is 16.5. The van der Waals surface area contributed by atoms with Gasteiger partial charge in [0.1, 0.15) is 0 Å². The lowest BCUT2D eigenvalue weighted by molar-refractivity contribution is 0.200. The molecule has 1 amide bonds. The van der Waals surface area contributed by atoms with Crippen molar-refractivity contribution in [3.05, 3.63) is 35.4 Å². The second kappa shape index (κ2) is 6.17. The van der Waals surface area contributed by atoms with Crippen LogP contribution in [-0.2, 0) is 17.5 Å². The average Bonchev–Trinajstić information content (AvgIpc) is 2.73. The van der Waals surface area contributed by atoms with Crippen molar-refractivity contribution in [1.82, 2.24) is 5.32 Å². The van der Waals surface area contributed by atoms with Crippen molar-refractivity contribution in [2.75, 3.05) is 7.05 Å². The summed E-state index contributed by atoms with van der Waals surface area (Å²) in [5, 5.41) is 2.69. The van der Waals surface area contributed by atoms with Gasteiger partial charge in [0.2, 0.25) is 0 Å². The maximum Gasteiger partial charge on any atom is 0.388 e. The molecule has 0 heterocycles. The first-order chi connectivity index (χ1) is 7.79. The summed E-state index contributed by atoms with van der Waals surface area (Å²) in [6, 6.07) is 8.27. The van der Waals surface area contributed by atoms with Gasteiger partial charge in [-0.05, 0) is 31.0 Å². The van der Waals surface area contributed by atoms with Crippen LogP contribution < -0.4 is 11.1 Å². The lowest BCUT2D eigenvalue weighted by Gasteiger charge is -2.10. The Morgan fingerprint density at radius 1 is 1.38 bits per heavy atom. The molecule has 0 saturated carbocycles. The van der Waals surface area contributed by atoms with E-state index in [0.29, 0.717) is 0 Å². The normalized spacial score (nSPS) is 13.4. The third kappa shape index (κ3) is 3.00. The summed E-state index contributed by atoms with van der Waals surface area (Å²) in [5.41, 5.74) is 7.07. The van der Waals surface area contributed by atoms with E-state index in [9.17, 15) is 4.79 Å². The SMILES string of the molecule is CN.[B]OC(=O)NC1Cc2ccccc2C1. The molecule has 1 aliphatic rings. The van der Waals surface area contributed by atoms with Crippen LogP contribution >= 0.6 is 0 Å². The Kier molecular flexibility index (Phi) is 4.86. The molecule has 84 valence electrons. The second-order valence-electron chi connectivity index (χ2n) is 3.42. The summed E-state index contributed by atoms with van der Waals surface area (Å²) in [4.78, 5) is 10.9. The number of nitrogens with one attached hydrogen (secondary N) is 1. The minimum absolute atomic E-state index is 0.114. The summed E-state index contributed by atoms with van der Waals surface area (Å²) in [6.45, 7) is 0. The van der Waals surface area contributed by atoms with Gasteiger partial charge in [-0.2, -0.15) is 0 Å². The first-order valence-electron chi connectivity index (χ1n) is 5.11. The van der Waals surface area contributed by atoms with Crippen LogP contribution in [0.5, 0.6) is 0 Å². The third-order valence-corrected chi connectivity index (χ3v) is 2.48. The molecular weight excluding hydrogens is 203 g/mol. The lowest BCUT2D eigenvalue weighted by Crippen LogP contribution is -2.35. The molecule has 0 fully saturated rings. The van der Waals surface area contributed by atoms with E-state index >= 15 is 0 Å². The van der Waals surface area contributed by atoms with Gasteiger partial charge >= 0.3 is 14.1 Å². The smallest absolute Gasteiger partial charge is 0.388 e. The Morgan fingerprint density at radius 2 is 1.88 bits per heavy atom. The van der Waals surface area contributed by atoms with Crippen LogP contribution in [0.25, 0.3) is 0 Å². The zero-order valence-electron chi connectivity index (χ0n) is 9.27. The van der Waals surface area contributed by atoms with E-state index in [-0.39, 0.29) is 6.04 Å². The van der Waals surface area contributed by atoms with E-state index in [1.165, 1.54) is 18.2 Å². The molecule has 0 bridgehead atoms. The zero-order chi connectivity index (χ0) is 12.0. The van der Waals surface area contributed by atoms with Gasteiger partial charge in [-0.3, -0.25) is 0 Å². The van der Waals surface area contributed by atoms with E-state index in [0.717, 1.165) is 12.8 Å². The number of carbonyl (C=O) groups excluding carboxylic acids is 1. The molecular formula is C11H15BN2O2. The molecule has 2 rings (SSSR count). The quantitative estimate of drug-likeness (QED) is 0.676. The predicted molar refractivity (Wildman–Crippen MR) is 63.1 cm³/mol. The molecule has 0 atom stereocenters. The van der Waals surface area contributed by atoms with Crippen molar-refractivity contribution in [3.8, 4) is 0 Å². The van der Waals surface area contributed by atoms with Gasteiger partial charge in [-0.25, -0.2) is 4.79 Å². The summed E-state index contributed by atoms with van der Waals surface area (Å²) in [5.74, 6) is 0. The van der Waals surface area contributed by atoms with E-state index < -0.39 is 6.09 Å². The Balaban J connectivity index is 0.000000606. The molecule has 1 aliphatic carbocycles. The number of amides is 1. The monoisotopic (exact) mass is 218 g/mol. The zero-order valence-corrected chi connectivity index (χ0v) is 9.27. The van der Waals surface area contributed by atoms with E-state index in [1.807, 2.05) is 12.1 Å². The number of nitrogens with two attached hydrogens (primary N) is 1. The molecule has 0 aliphatic heterocycles. The minimum Gasteiger partial charge on any atom is -0.528 e. The van der Waals surface area contributed by atoms with Crippen molar-refractivity contribution in [3.63, 3.8) is 0 Å². The highest BCUT2D eigenvalue weighted by Crippen LogP contribution is 2.21. The summed E-state index contributed by atoms with van der Waals surface area (Å²) >= 11 is 0. The highest BCUT2D eigenvalue weighted by molar-refractivity contribution is 6.05. The van der Waals surface area contributed by atoms with Crippen molar-refractivity contribution in [2.24, 2.45) is 5.73 Å². The molecule has 0 aromatic heterocycles. The van der Waals surface area contributed by atoms with Crippen LogP contribution in [-0.4, -0.2) is 27.2 Å². The number of rotatable bonds is 1. The van der Waals surface area contributed by atoms with E-state index in [2.05, 4.69) is 27.8 Å². The molecule has 0 spiro atoms. The molecule has 16 heavy (non-hydrogen) atoms. The van der Waals surface area contributed by atoms with Crippen LogP contribution in [0.3, 0.4) is 0 Å². The Labute approximate surface area is 96.6 Å². The summed E-state index contributed by atoms with van der Waals surface area (Å²) < 4.78 is 4.06. The molecule has 0 unspecified atom stereocenters. The van der Waals surface area contributed by atoms with Crippen molar-refractivity contribution >= 4 is 14.1 Å². The fraction of sp³-hybridized carbons (Fsp3) is 0.364. The Bertz CT molecular complexity index is 333. The largest absolute Gasteiger partial charge is 0.528 e. The van der Waals surface area contributed by atoms with Gasteiger partial charge in [0.25, 0.3) is 0 Å². The fourth-order valence-corrected chi connectivity index (χ4v) is 1.86. The van der Waals surface area contributed by atoms with Gasteiger partial charge in [-0.1, -0.05) is 24.3 Å². The maximum absolute atomic E-state index is 10.9. The van der Waals surface area contributed by atoms with Crippen molar-refractivity contribution < 1.29 is 9.45 Å². The van der Waals surface area contributed by atoms with Crippen LogP contribution in [0.15, 0.2) is 24.3 Å². The van der Waals surface area contributed by atoms with E-state index in [1.54, 1.807) is 0 Å². The second-order valence-corrected chi connectivity index (χ2v) is 3.42. The molecule has 0 saturated heterocycles. The minimum atomic E-state index is -0.567. The van der Waals surface area contributed by atoms with Gasteiger partial charge in [0, 0.05) is 6.04 Å². The van der Waals surface area contributed by atoms with Gasteiger partial charge in [0.15, 0.2) is 0 Å². The first kappa shape index (κ1) is 12.6. The predicted octanol–water partition coefficient (Wildman–Crippen LogP) is 0.538. The molecule has 3 N–H and O–H groups in total. The topological polar surface area (TPSA) is 64.3 Å². The molecule has 4 nitrogen and oxygen atoms in total. The highest BCUT2D eigenvalue weighted by Gasteiger charge is 2.22. The maximum atomic E-state index is 10.9. The number of hydrogen-bond donors (Lipinski definition) is 2. The summed E-state index contributed by atoms with van der Waals surface area (Å²) in [7, 11) is 6.24. The standard InChI is InChI=1S/C10H10BNO2.CH5N/c11-14-10(13)12-9-5-7-3-1-2-4-8(7)6-9;1-2/h1-4,9H,5-6H2,(H,12,13);2H2,1H3. The van der Waals surface area contributed by atoms with Gasteiger partial charge < -0.3 is 15.7 Å². The number of benzene rings is 1. The van der Waals surface area contributed by atoms with Crippen molar-refractivity contribution in [2.45, 2.75) is 18.9 Å². The Hall–Kier alpha value is -1.49. The number of hydrogen-bond acceptors (Lipinski definition) is 3. The van der Waals surface area contributed by atoms with Crippen LogP contribution in [0.2, 0.25) is 0 Å². The molecule has 5 heteroatoms. The fourth-order valence-electron chi connectivity index (χ4n) is 1.86. The summed E-state index contributed by atoms with van der Waals surface area (Å²) in [6.07, 6.45) is 1.14. The third-order valence-electron chi connectivity index (χ3n) is 2.48. The molecule has 2 radical (unpaired) electrons. The van der Waals surface area contributed by atoms with Gasteiger partial charge in [-0.15, -0.1) is 0 Å². The molecule has 1 aromatic carbocycles. The van der Waals surface area contributed by atoms with Crippen molar-refractivity contribution in [1.29, 1.82) is 0 Å². The molecule has 1 aromatic rings. The van der Waals surface area contributed by atoms with Crippen LogP contribution in [0.1, 0.15) is 11.1 Å². The van der Waals surface area contributed by atoms with Crippen LogP contribution in [0.4, 0.5) is 4.79 Å². The first-order valence-corrected chi connectivity index (χ1v) is 5.11.